The third kappa shape index (κ3) is 4.94. The van der Waals surface area contributed by atoms with Gasteiger partial charge in [-0.15, -0.1) is 0 Å². The van der Waals surface area contributed by atoms with Crippen LogP contribution in [0.3, 0.4) is 0 Å². The van der Waals surface area contributed by atoms with Crippen molar-refractivity contribution in [3.8, 4) is 5.75 Å². The number of nitrogens with one attached hydrogen (secondary N) is 1. The lowest BCUT2D eigenvalue weighted by molar-refractivity contribution is -0.120. The summed E-state index contributed by atoms with van der Waals surface area (Å²) in [5, 5.41) is 4.27. The molecule has 4 nitrogen and oxygen atoms in total. The SMILES string of the molecule is CCOc1c(C)cc(/C(C)=N/NC(=O)Cc2ccc(C)cc2C)cc1C. The molecule has 0 atom stereocenters. The fraction of sp³-hybridized carbons (Fsp3) is 0.364. The topological polar surface area (TPSA) is 50.7 Å². The number of hydrazone groups is 1. The first kappa shape index (κ1) is 19.7. The van der Waals surface area contributed by atoms with Crippen LogP contribution in [0.1, 0.15) is 47.2 Å². The van der Waals surface area contributed by atoms with Crippen LogP contribution in [0.2, 0.25) is 0 Å². The molecule has 2 rings (SSSR count). The lowest BCUT2D eigenvalue weighted by Crippen LogP contribution is -2.21. The Kier molecular flexibility index (Phi) is 6.56. The van der Waals surface area contributed by atoms with E-state index >= 15 is 0 Å². The fourth-order valence-electron chi connectivity index (χ4n) is 3.00. The van der Waals surface area contributed by atoms with Crippen LogP contribution in [0.15, 0.2) is 35.4 Å². The van der Waals surface area contributed by atoms with Gasteiger partial charge in [-0.25, -0.2) is 5.43 Å². The molecule has 4 heteroatoms. The molecular formula is C22H28N2O2. The van der Waals surface area contributed by atoms with Crippen LogP contribution in [-0.2, 0) is 11.2 Å². The molecule has 2 aromatic rings. The van der Waals surface area contributed by atoms with Gasteiger partial charge in [0.15, 0.2) is 0 Å². The Morgan fingerprint density at radius 3 is 2.27 bits per heavy atom. The maximum Gasteiger partial charge on any atom is 0.244 e. The van der Waals surface area contributed by atoms with Gasteiger partial charge in [0.05, 0.1) is 18.7 Å². The van der Waals surface area contributed by atoms with Crippen molar-refractivity contribution < 1.29 is 9.53 Å². The summed E-state index contributed by atoms with van der Waals surface area (Å²) >= 11 is 0. The van der Waals surface area contributed by atoms with Crippen LogP contribution in [0.4, 0.5) is 0 Å². The van der Waals surface area contributed by atoms with E-state index in [1.807, 2.05) is 65.8 Å². The van der Waals surface area contributed by atoms with Crippen molar-refractivity contribution in [2.75, 3.05) is 6.61 Å². The molecule has 1 N–H and O–H groups in total. The highest BCUT2D eigenvalue weighted by Gasteiger charge is 2.09. The maximum absolute atomic E-state index is 12.2. The van der Waals surface area contributed by atoms with E-state index in [0.717, 1.165) is 39.3 Å². The third-order valence-electron chi connectivity index (χ3n) is 4.36. The number of benzene rings is 2. The smallest absolute Gasteiger partial charge is 0.244 e. The second-order valence-corrected chi connectivity index (χ2v) is 6.71. The Hall–Kier alpha value is -2.62. The second kappa shape index (κ2) is 8.65. The van der Waals surface area contributed by atoms with Crippen molar-refractivity contribution in [3.05, 3.63) is 63.7 Å². The summed E-state index contributed by atoms with van der Waals surface area (Å²) in [5.41, 5.74) is 9.90. The molecule has 0 fully saturated rings. The zero-order valence-electron chi connectivity index (χ0n) is 16.6. The van der Waals surface area contributed by atoms with Gasteiger partial charge < -0.3 is 4.74 Å². The van der Waals surface area contributed by atoms with Crippen LogP contribution in [0, 0.1) is 27.7 Å². The number of rotatable bonds is 6. The molecule has 0 bridgehead atoms. The molecule has 0 aliphatic heterocycles. The number of nitrogens with zero attached hydrogens (tertiary/aromatic N) is 1. The number of carbonyl (C=O) groups excluding carboxylic acids is 1. The van der Waals surface area contributed by atoms with E-state index < -0.39 is 0 Å². The Morgan fingerprint density at radius 1 is 1.04 bits per heavy atom. The number of aryl methyl sites for hydroxylation is 4. The van der Waals surface area contributed by atoms with E-state index in [1.165, 1.54) is 5.56 Å². The van der Waals surface area contributed by atoms with Crippen LogP contribution in [-0.4, -0.2) is 18.2 Å². The van der Waals surface area contributed by atoms with Gasteiger partial charge in [-0.2, -0.15) is 5.10 Å². The van der Waals surface area contributed by atoms with Gasteiger partial charge in [0.1, 0.15) is 5.75 Å². The van der Waals surface area contributed by atoms with Gasteiger partial charge >= 0.3 is 0 Å². The summed E-state index contributed by atoms with van der Waals surface area (Å²) in [6, 6.07) is 10.2. The quantitative estimate of drug-likeness (QED) is 0.619. The first-order chi connectivity index (χ1) is 12.3. The number of hydrogen-bond acceptors (Lipinski definition) is 3. The van der Waals surface area contributed by atoms with Gasteiger partial charge in [0, 0.05) is 0 Å². The normalized spacial score (nSPS) is 11.4. The standard InChI is InChI=1S/C22H28N2O2/c1-7-26-22-16(4)11-20(12-17(22)5)18(6)23-24-21(25)13-19-9-8-14(2)10-15(19)3/h8-12H,7,13H2,1-6H3,(H,24,25)/b23-18+. The molecule has 0 aromatic heterocycles. The summed E-state index contributed by atoms with van der Waals surface area (Å²) < 4.78 is 5.68. The highest BCUT2D eigenvalue weighted by atomic mass is 16.5. The van der Waals surface area contributed by atoms with Crippen molar-refractivity contribution in [2.45, 2.75) is 48.0 Å². The number of amides is 1. The molecule has 0 radical (unpaired) electrons. The second-order valence-electron chi connectivity index (χ2n) is 6.71. The van der Waals surface area contributed by atoms with Gasteiger partial charge in [-0.1, -0.05) is 23.8 Å². The summed E-state index contributed by atoms with van der Waals surface area (Å²) in [5.74, 6) is 0.804. The molecule has 1 amide bonds. The van der Waals surface area contributed by atoms with E-state index in [9.17, 15) is 4.79 Å². The zero-order valence-corrected chi connectivity index (χ0v) is 16.6. The molecular weight excluding hydrogens is 324 g/mol. The molecule has 0 saturated carbocycles. The molecule has 138 valence electrons. The molecule has 26 heavy (non-hydrogen) atoms. The average Bonchev–Trinajstić information content (AvgIpc) is 2.58. The van der Waals surface area contributed by atoms with Crippen molar-refractivity contribution in [3.63, 3.8) is 0 Å². The summed E-state index contributed by atoms with van der Waals surface area (Å²) in [7, 11) is 0. The number of ether oxygens (including phenoxy) is 1. The first-order valence-electron chi connectivity index (χ1n) is 8.95. The third-order valence-corrected chi connectivity index (χ3v) is 4.36. The summed E-state index contributed by atoms with van der Waals surface area (Å²) in [6.45, 7) is 12.6. The first-order valence-corrected chi connectivity index (χ1v) is 8.95. The largest absolute Gasteiger partial charge is 0.493 e. The van der Waals surface area contributed by atoms with Gasteiger partial charge in [-0.05, 0) is 81.5 Å². The Bertz CT molecular complexity index is 815. The lowest BCUT2D eigenvalue weighted by Gasteiger charge is -2.13. The van der Waals surface area contributed by atoms with Gasteiger partial charge in [0.25, 0.3) is 0 Å². The minimum Gasteiger partial charge on any atom is -0.493 e. The van der Waals surface area contributed by atoms with E-state index in [2.05, 4.69) is 16.6 Å². The van der Waals surface area contributed by atoms with Crippen LogP contribution >= 0.6 is 0 Å². The van der Waals surface area contributed by atoms with E-state index in [1.54, 1.807) is 0 Å². The molecule has 2 aromatic carbocycles. The molecule has 0 aliphatic carbocycles. The fourth-order valence-corrected chi connectivity index (χ4v) is 3.00. The van der Waals surface area contributed by atoms with Crippen molar-refractivity contribution in [2.24, 2.45) is 5.10 Å². The van der Waals surface area contributed by atoms with Crippen LogP contribution < -0.4 is 10.2 Å². The predicted octanol–water partition coefficient (Wildman–Crippen LogP) is 4.40. The van der Waals surface area contributed by atoms with Crippen LogP contribution in [0.5, 0.6) is 5.75 Å². The Labute approximate surface area is 156 Å². The molecule has 0 heterocycles. The molecule has 0 spiro atoms. The predicted molar refractivity (Wildman–Crippen MR) is 107 cm³/mol. The van der Waals surface area contributed by atoms with Gasteiger partial charge in [0.2, 0.25) is 5.91 Å². The molecule has 0 saturated heterocycles. The van der Waals surface area contributed by atoms with Crippen molar-refractivity contribution in [1.29, 1.82) is 0 Å². The number of carbonyl (C=O) groups is 1. The Balaban J connectivity index is 2.08. The molecule has 0 aliphatic rings. The van der Waals surface area contributed by atoms with Crippen LogP contribution in [0.25, 0.3) is 0 Å². The zero-order chi connectivity index (χ0) is 19.3. The van der Waals surface area contributed by atoms with E-state index in [-0.39, 0.29) is 5.91 Å². The average molecular weight is 352 g/mol. The summed E-state index contributed by atoms with van der Waals surface area (Å²) in [4.78, 5) is 12.2. The molecule has 0 unspecified atom stereocenters. The Morgan fingerprint density at radius 2 is 1.69 bits per heavy atom. The minimum absolute atomic E-state index is 0.115. The maximum atomic E-state index is 12.2. The van der Waals surface area contributed by atoms with Gasteiger partial charge in [-0.3, -0.25) is 4.79 Å². The highest BCUT2D eigenvalue weighted by molar-refractivity contribution is 5.99. The lowest BCUT2D eigenvalue weighted by atomic mass is 10.0. The summed E-state index contributed by atoms with van der Waals surface area (Å²) in [6.07, 6.45) is 0.324. The minimum atomic E-state index is -0.115. The number of hydrogen-bond donors (Lipinski definition) is 1. The monoisotopic (exact) mass is 352 g/mol. The van der Waals surface area contributed by atoms with Crippen molar-refractivity contribution >= 4 is 11.6 Å². The highest BCUT2D eigenvalue weighted by Crippen LogP contribution is 2.25. The van der Waals surface area contributed by atoms with E-state index in [0.29, 0.717) is 13.0 Å². The van der Waals surface area contributed by atoms with E-state index in [4.69, 9.17) is 4.74 Å². The van der Waals surface area contributed by atoms with Crippen molar-refractivity contribution in [1.82, 2.24) is 5.43 Å².